The minimum absolute atomic E-state index is 0.114. The number of hydrogen-bond acceptors (Lipinski definition) is 4. The molecule has 1 saturated heterocycles. The van der Waals surface area contributed by atoms with Crippen molar-refractivity contribution in [2.45, 2.75) is 45.6 Å². The van der Waals surface area contributed by atoms with Crippen molar-refractivity contribution in [2.75, 3.05) is 18.0 Å². The van der Waals surface area contributed by atoms with Gasteiger partial charge in [-0.15, -0.1) is 0 Å². The highest BCUT2D eigenvalue weighted by Gasteiger charge is 2.22. The quantitative estimate of drug-likeness (QED) is 0.882. The smallest absolute Gasteiger partial charge is 0.220 e. The first-order chi connectivity index (χ1) is 11.6. The number of aromatic amines is 1. The molecule has 0 saturated carbocycles. The van der Waals surface area contributed by atoms with Crippen LogP contribution in [0, 0.1) is 13.8 Å². The zero-order valence-electron chi connectivity index (χ0n) is 14.4. The van der Waals surface area contributed by atoms with Gasteiger partial charge in [0.05, 0.1) is 5.69 Å². The molecule has 6 nitrogen and oxygen atoms in total. The molecule has 0 unspecified atom stereocenters. The molecule has 3 rings (SSSR count). The lowest BCUT2D eigenvalue weighted by molar-refractivity contribution is -0.121. The number of amides is 1. The van der Waals surface area contributed by atoms with Crippen molar-refractivity contribution >= 4 is 11.7 Å². The Balaban J connectivity index is 1.51. The molecular weight excluding hydrogens is 302 g/mol. The lowest BCUT2D eigenvalue weighted by Crippen LogP contribution is -2.48. The molecule has 1 atom stereocenters. The van der Waals surface area contributed by atoms with Gasteiger partial charge in [0.1, 0.15) is 5.82 Å². The number of pyridine rings is 1. The molecule has 0 spiro atoms. The van der Waals surface area contributed by atoms with Crippen LogP contribution < -0.4 is 10.2 Å². The molecule has 0 aromatic carbocycles. The van der Waals surface area contributed by atoms with E-state index in [0.717, 1.165) is 55.1 Å². The fraction of sp³-hybridized carbons (Fsp3) is 0.500. The topological polar surface area (TPSA) is 73.9 Å². The highest BCUT2D eigenvalue weighted by atomic mass is 16.1. The first-order valence-corrected chi connectivity index (χ1v) is 8.59. The standard InChI is InChI=1S/C18H25N5O/c1-13-16(14(2)22-21-13)8-9-18(24)20-15-6-5-11-23(12-15)17-7-3-4-10-19-17/h3-4,7,10,15H,5-6,8-9,11-12H2,1-2H3,(H,20,24)(H,21,22)/t15-/m0/s1. The predicted octanol–water partition coefficient (Wildman–Crippen LogP) is 2.14. The van der Waals surface area contributed by atoms with Crippen LogP contribution in [0.2, 0.25) is 0 Å². The van der Waals surface area contributed by atoms with E-state index >= 15 is 0 Å². The van der Waals surface area contributed by atoms with Crippen molar-refractivity contribution in [1.29, 1.82) is 0 Å². The molecule has 0 radical (unpaired) electrons. The fourth-order valence-electron chi connectivity index (χ4n) is 3.32. The highest BCUT2D eigenvalue weighted by Crippen LogP contribution is 2.17. The van der Waals surface area contributed by atoms with Gasteiger partial charge >= 0.3 is 0 Å². The molecule has 1 aliphatic heterocycles. The Hall–Kier alpha value is -2.37. The van der Waals surface area contributed by atoms with Gasteiger partial charge in [-0.2, -0.15) is 5.10 Å². The van der Waals surface area contributed by atoms with Crippen molar-refractivity contribution in [2.24, 2.45) is 0 Å². The van der Waals surface area contributed by atoms with Gasteiger partial charge in [0.25, 0.3) is 0 Å². The third-order valence-corrected chi connectivity index (χ3v) is 4.64. The zero-order valence-corrected chi connectivity index (χ0v) is 14.4. The number of hydrogen-bond donors (Lipinski definition) is 2. The minimum Gasteiger partial charge on any atom is -0.355 e. The molecule has 128 valence electrons. The number of H-pyrrole nitrogens is 1. The predicted molar refractivity (Wildman–Crippen MR) is 94.0 cm³/mol. The van der Waals surface area contributed by atoms with E-state index in [1.165, 1.54) is 0 Å². The van der Waals surface area contributed by atoms with Gasteiger partial charge in [0.2, 0.25) is 5.91 Å². The Bertz CT molecular complexity index is 662. The van der Waals surface area contributed by atoms with Gasteiger partial charge < -0.3 is 10.2 Å². The van der Waals surface area contributed by atoms with Gasteiger partial charge in [-0.1, -0.05) is 6.07 Å². The number of carbonyl (C=O) groups excluding carboxylic acids is 1. The maximum Gasteiger partial charge on any atom is 0.220 e. The Morgan fingerprint density at radius 1 is 1.42 bits per heavy atom. The number of nitrogens with one attached hydrogen (secondary N) is 2. The number of rotatable bonds is 5. The first kappa shape index (κ1) is 16.5. The van der Waals surface area contributed by atoms with Crippen LogP contribution in [0.1, 0.15) is 36.2 Å². The Morgan fingerprint density at radius 2 is 2.29 bits per heavy atom. The monoisotopic (exact) mass is 327 g/mol. The average molecular weight is 327 g/mol. The van der Waals surface area contributed by atoms with Gasteiger partial charge in [0.15, 0.2) is 0 Å². The number of aryl methyl sites for hydroxylation is 2. The summed E-state index contributed by atoms with van der Waals surface area (Å²) in [6.07, 6.45) is 5.14. The van der Waals surface area contributed by atoms with Crippen molar-refractivity contribution in [3.63, 3.8) is 0 Å². The molecule has 2 aromatic rings. The van der Waals surface area contributed by atoms with Crippen LogP contribution in [-0.2, 0) is 11.2 Å². The van der Waals surface area contributed by atoms with Crippen LogP contribution >= 0.6 is 0 Å². The summed E-state index contributed by atoms with van der Waals surface area (Å²) in [7, 11) is 0. The van der Waals surface area contributed by atoms with Gasteiger partial charge in [-0.05, 0) is 50.8 Å². The van der Waals surface area contributed by atoms with E-state index in [0.29, 0.717) is 6.42 Å². The second kappa shape index (κ2) is 7.47. The summed E-state index contributed by atoms with van der Waals surface area (Å²) in [5.74, 6) is 1.10. The minimum atomic E-state index is 0.114. The highest BCUT2D eigenvalue weighted by molar-refractivity contribution is 5.76. The van der Waals surface area contributed by atoms with Gasteiger partial charge in [-0.25, -0.2) is 4.98 Å². The average Bonchev–Trinajstić information content (AvgIpc) is 2.92. The van der Waals surface area contributed by atoms with Crippen LogP contribution in [0.4, 0.5) is 5.82 Å². The molecule has 1 amide bonds. The zero-order chi connectivity index (χ0) is 16.9. The molecule has 6 heteroatoms. The molecular formula is C18H25N5O. The maximum absolute atomic E-state index is 12.3. The number of carbonyl (C=O) groups is 1. The lowest BCUT2D eigenvalue weighted by Gasteiger charge is -2.34. The van der Waals surface area contributed by atoms with E-state index in [4.69, 9.17) is 0 Å². The maximum atomic E-state index is 12.3. The van der Waals surface area contributed by atoms with Crippen molar-refractivity contribution in [3.8, 4) is 0 Å². The number of aromatic nitrogens is 3. The summed E-state index contributed by atoms with van der Waals surface area (Å²) < 4.78 is 0. The Kier molecular flexibility index (Phi) is 5.13. The summed E-state index contributed by atoms with van der Waals surface area (Å²) in [5, 5.41) is 10.3. The van der Waals surface area contributed by atoms with E-state index < -0.39 is 0 Å². The van der Waals surface area contributed by atoms with Crippen molar-refractivity contribution in [1.82, 2.24) is 20.5 Å². The third kappa shape index (κ3) is 3.93. The molecule has 0 bridgehead atoms. The molecule has 1 aliphatic rings. The van der Waals surface area contributed by atoms with Gasteiger partial charge in [0, 0.05) is 37.4 Å². The second-order valence-corrected chi connectivity index (χ2v) is 6.45. The van der Waals surface area contributed by atoms with Crippen LogP contribution in [0.25, 0.3) is 0 Å². The third-order valence-electron chi connectivity index (χ3n) is 4.64. The fourth-order valence-corrected chi connectivity index (χ4v) is 3.32. The Labute approximate surface area is 142 Å². The Morgan fingerprint density at radius 3 is 3.00 bits per heavy atom. The molecule has 1 fully saturated rings. The summed E-state index contributed by atoms with van der Waals surface area (Å²) in [6.45, 7) is 5.80. The van der Waals surface area contributed by atoms with Crippen molar-refractivity contribution < 1.29 is 4.79 Å². The van der Waals surface area contributed by atoms with Crippen molar-refractivity contribution in [3.05, 3.63) is 41.3 Å². The summed E-state index contributed by atoms with van der Waals surface area (Å²) in [5.41, 5.74) is 3.20. The molecule has 24 heavy (non-hydrogen) atoms. The van der Waals surface area contributed by atoms with Gasteiger partial charge in [-0.3, -0.25) is 9.89 Å². The summed E-state index contributed by atoms with van der Waals surface area (Å²) >= 11 is 0. The largest absolute Gasteiger partial charge is 0.355 e. The van der Waals surface area contributed by atoms with Crippen LogP contribution in [0.15, 0.2) is 24.4 Å². The summed E-state index contributed by atoms with van der Waals surface area (Å²) in [6, 6.07) is 6.14. The first-order valence-electron chi connectivity index (χ1n) is 8.59. The normalized spacial score (nSPS) is 17.8. The van der Waals surface area contributed by atoms with E-state index in [1.807, 2.05) is 38.2 Å². The molecule has 3 heterocycles. The van der Waals surface area contributed by atoms with Crippen LogP contribution in [-0.4, -0.2) is 40.2 Å². The summed E-state index contributed by atoms with van der Waals surface area (Å²) in [4.78, 5) is 19.0. The van der Waals surface area contributed by atoms with E-state index in [1.54, 1.807) is 0 Å². The van der Waals surface area contributed by atoms with Crippen LogP contribution in [0.3, 0.4) is 0 Å². The SMILES string of the molecule is Cc1n[nH]c(C)c1CCC(=O)N[C@H]1CCCN(c2ccccn2)C1. The molecule has 2 N–H and O–H groups in total. The number of nitrogens with zero attached hydrogens (tertiary/aromatic N) is 3. The van der Waals surface area contributed by atoms with E-state index in [-0.39, 0.29) is 11.9 Å². The molecule has 2 aromatic heterocycles. The van der Waals surface area contributed by atoms with E-state index in [9.17, 15) is 4.79 Å². The number of anilines is 1. The second-order valence-electron chi connectivity index (χ2n) is 6.45. The lowest BCUT2D eigenvalue weighted by atomic mass is 10.0. The number of piperidine rings is 1. The van der Waals surface area contributed by atoms with Crippen LogP contribution in [0.5, 0.6) is 0 Å². The van der Waals surface area contributed by atoms with E-state index in [2.05, 4.69) is 25.4 Å². The molecule has 0 aliphatic carbocycles.